The van der Waals surface area contributed by atoms with Gasteiger partial charge in [0.15, 0.2) is 0 Å². The van der Waals surface area contributed by atoms with Crippen molar-refractivity contribution < 1.29 is 19.1 Å². The molecule has 174 valence electrons. The summed E-state index contributed by atoms with van der Waals surface area (Å²) in [6.07, 6.45) is 6.70. The highest BCUT2D eigenvalue weighted by Gasteiger charge is 2.53. The van der Waals surface area contributed by atoms with Crippen LogP contribution in [0.2, 0.25) is 0 Å². The van der Waals surface area contributed by atoms with E-state index in [1.807, 2.05) is 4.90 Å². The van der Waals surface area contributed by atoms with E-state index in [0.717, 1.165) is 51.7 Å². The fourth-order valence-electron chi connectivity index (χ4n) is 6.05. The zero-order valence-electron chi connectivity index (χ0n) is 19.3. The number of ether oxygens (including phenoxy) is 1. The van der Waals surface area contributed by atoms with Crippen LogP contribution in [0.15, 0.2) is 0 Å². The van der Waals surface area contributed by atoms with Crippen molar-refractivity contribution in [1.29, 1.82) is 0 Å². The summed E-state index contributed by atoms with van der Waals surface area (Å²) in [7, 11) is 0. The van der Waals surface area contributed by atoms with Crippen molar-refractivity contribution in [3.8, 4) is 0 Å². The molecule has 3 atom stereocenters. The van der Waals surface area contributed by atoms with E-state index in [2.05, 4.69) is 31.0 Å². The molecule has 1 spiro atoms. The molecule has 1 saturated carbocycles. The fourth-order valence-corrected chi connectivity index (χ4v) is 6.05. The van der Waals surface area contributed by atoms with Crippen LogP contribution in [0.1, 0.15) is 65.7 Å². The minimum Gasteiger partial charge on any atom is -0.373 e. The lowest BCUT2D eigenvalue weighted by molar-refractivity contribution is -0.140. The first-order valence-corrected chi connectivity index (χ1v) is 12.1. The number of carbonyl (C=O) groups excluding carboxylic acids is 3. The smallest absolute Gasteiger partial charge is 0.325 e. The van der Waals surface area contributed by atoms with Crippen molar-refractivity contribution in [2.75, 3.05) is 32.7 Å². The van der Waals surface area contributed by atoms with E-state index in [9.17, 15) is 14.4 Å². The minimum absolute atomic E-state index is 0.111. The molecule has 0 aromatic carbocycles. The summed E-state index contributed by atoms with van der Waals surface area (Å²) >= 11 is 0. The second-order valence-electron chi connectivity index (χ2n) is 10.1. The van der Waals surface area contributed by atoms with Gasteiger partial charge in [0.2, 0.25) is 5.91 Å². The molecular formula is C23H38N4O4. The molecule has 0 aromatic heterocycles. The molecule has 0 bridgehead atoms. The van der Waals surface area contributed by atoms with Gasteiger partial charge in [-0.15, -0.1) is 0 Å². The Labute approximate surface area is 185 Å². The van der Waals surface area contributed by atoms with E-state index < -0.39 is 11.6 Å². The molecule has 3 unspecified atom stereocenters. The highest BCUT2D eigenvalue weighted by Crippen LogP contribution is 2.37. The van der Waals surface area contributed by atoms with Crippen LogP contribution in [0.3, 0.4) is 0 Å². The molecule has 3 saturated heterocycles. The Morgan fingerprint density at radius 1 is 1.13 bits per heavy atom. The third-order valence-corrected chi connectivity index (χ3v) is 7.74. The number of likely N-dealkylation sites (tertiary alicyclic amines) is 1. The van der Waals surface area contributed by atoms with Gasteiger partial charge in [-0.25, -0.2) is 4.79 Å². The Hall–Kier alpha value is -1.67. The van der Waals surface area contributed by atoms with Crippen LogP contribution in [-0.4, -0.2) is 89.1 Å². The second-order valence-corrected chi connectivity index (χ2v) is 10.1. The quantitative estimate of drug-likeness (QED) is 0.669. The third kappa shape index (κ3) is 4.60. The molecule has 4 rings (SSSR count). The van der Waals surface area contributed by atoms with Gasteiger partial charge in [0, 0.05) is 32.2 Å². The predicted molar refractivity (Wildman–Crippen MR) is 116 cm³/mol. The highest BCUT2D eigenvalue weighted by molar-refractivity contribution is 6.09. The first-order chi connectivity index (χ1) is 14.8. The normalized spacial score (nSPS) is 37.0. The van der Waals surface area contributed by atoms with Crippen LogP contribution in [0.25, 0.3) is 0 Å². The summed E-state index contributed by atoms with van der Waals surface area (Å²) in [4.78, 5) is 44.4. The summed E-state index contributed by atoms with van der Waals surface area (Å²) in [6.45, 7) is 9.47. The van der Waals surface area contributed by atoms with Gasteiger partial charge in [-0.3, -0.25) is 19.4 Å². The molecule has 4 aliphatic rings. The van der Waals surface area contributed by atoms with Crippen LogP contribution in [0, 0.1) is 5.92 Å². The van der Waals surface area contributed by atoms with Crippen molar-refractivity contribution in [2.24, 2.45) is 5.92 Å². The molecule has 0 radical (unpaired) electrons. The van der Waals surface area contributed by atoms with E-state index in [1.165, 1.54) is 4.90 Å². The molecule has 31 heavy (non-hydrogen) atoms. The van der Waals surface area contributed by atoms with Gasteiger partial charge in [0.25, 0.3) is 5.91 Å². The van der Waals surface area contributed by atoms with Gasteiger partial charge >= 0.3 is 6.03 Å². The van der Waals surface area contributed by atoms with Crippen LogP contribution in [-0.2, 0) is 14.3 Å². The summed E-state index contributed by atoms with van der Waals surface area (Å²) < 4.78 is 5.83. The van der Waals surface area contributed by atoms with Gasteiger partial charge in [0.1, 0.15) is 12.1 Å². The molecule has 4 fully saturated rings. The Kier molecular flexibility index (Phi) is 6.58. The van der Waals surface area contributed by atoms with Crippen LogP contribution in [0.4, 0.5) is 4.79 Å². The number of nitrogens with one attached hydrogen (secondary N) is 1. The van der Waals surface area contributed by atoms with Crippen molar-refractivity contribution in [3.05, 3.63) is 0 Å². The molecular weight excluding hydrogens is 396 g/mol. The number of nitrogens with zero attached hydrogens (tertiary/aromatic N) is 3. The Balaban J connectivity index is 1.36. The van der Waals surface area contributed by atoms with Gasteiger partial charge < -0.3 is 15.0 Å². The van der Waals surface area contributed by atoms with E-state index in [1.54, 1.807) is 0 Å². The highest BCUT2D eigenvalue weighted by atomic mass is 16.5. The summed E-state index contributed by atoms with van der Waals surface area (Å²) in [5, 5.41) is 2.94. The minimum atomic E-state index is -0.784. The number of carbonyl (C=O) groups is 3. The lowest BCUT2D eigenvalue weighted by Crippen LogP contribution is -2.52. The van der Waals surface area contributed by atoms with Crippen molar-refractivity contribution >= 4 is 17.8 Å². The van der Waals surface area contributed by atoms with E-state index in [-0.39, 0.29) is 36.6 Å². The molecule has 3 aliphatic heterocycles. The van der Waals surface area contributed by atoms with Crippen molar-refractivity contribution in [1.82, 2.24) is 20.0 Å². The number of morpholine rings is 1. The summed E-state index contributed by atoms with van der Waals surface area (Å²) in [6, 6.07) is -0.264. The van der Waals surface area contributed by atoms with Crippen LogP contribution in [0.5, 0.6) is 0 Å². The van der Waals surface area contributed by atoms with Crippen molar-refractivity contribution in [3.63, 3.8) is 0 Å². The molecule has 0 aromatic rings. The maximum atomic E-state index is 13.2. The second kappa shape index (κ2) is 9.06. The first-order valence-electron chi connectivity index (χ1n) is 12.1. The Morgan fingerprint density at radius 3 is 2.45 bits per heavy atom. The zero-order chi connectivity index (χ0) is 22.2. The molecule has 8 nitrogen and oxygen atoms in total. The van der Waals surface area contributed by atoms with Crippen molar-refractivity contribution in [2.45, 2.75) is 89.5 Å². The standard InChI is InChI=1S/C23H38N4O4/c1-4-18-7-9-23(10-8-18)21(29)27(22(30)24-23)15-20(28)26-11-5-6-19(26)14-25-12-16(2)31-17(3)13-25/h16-19H,4-15H2,1-3H3,(H,24,30). The van der Waals surface area contributed by atoms with Crippen LogP contribution >= 0.6 is 0 Å². The third-order valence-electron chi connectivity index (χ3n) is 7.74. The van der Waals surface area contributed by atoms with Gasteiger partial charge in [-0.1, -0.05) is 13.3 Å². The topological polar surface area (TPSA) is 82.2 Å². The van der Waals surface area contributed by atoms with Gasteiger partial charge in [-0.05, 0) is 58.3 Å². The average molecular weight is 435 g/mol. The van der Waals surface area contributed by atoms with Crippen LogP contribution < -0.4 is 5.32 Å². The monoisotopic (exact) mass is 434 g/mol. The molecule has 4 amide bonds. The summed E-state index contributed by atoms with van der Waals surface area (Å²) in [5.41, 5.74) is -0.784. The predicted octanol–water partition coefficient (Wildman–Crippen LogP) is 1.98. The maximum absolute atomic E-state index is 13.2. The van der Waals surface area contributed by atoms with Gasteiger partial charge in [-0.2, -0.15) is 0 Å². The average Bonchev–Trinajstić information content (AvgIpc) is 3.26. The number of amides is 4. The molecule has 8 heteroatoms. The zero-order valence-corrected chi connectivity index (χ0v) is 19.3. The van der Waals surface area contributed by atoms with E-state index in [4.69, 9.17) is 4.74 Å². The summed E-state index contributed by atoms with van der Waals surface area (Å²) in [5.74, 6) is 0.314. The molecule has 3 heterocycles. The Morgan fingerprint density at radius 2 is 1.81 bits per heavy atom. The number of urea groups is 1. The fraction of sp³-hybridized carbons (Fsp3) is 0.870. The number of hydrogen-bond donors (Lipinski definition) is 1. The largest absolute Gasteiger partial charge is 0.373 e. The maximum Gasteiger partial charge on any atom is 0.325 e. The number of rotatable bonds is 5. The van der Waals surface area contributed by atoms with E-state index in [0.29, 0.717) is 25.3 Å². The lowest BCUT2D eigenvalue weighted by atomic mass is 9.75. The number of hydrogen-bond acceptors (Lipinski definition) is 5. The van der Waals surface area contributed by atoms with Gasteiger partial charge in [0.05, 0.1) is 12.2 Å². The molecule has 1 N–H and O–H groups in total. The van der Waals surface area contributed by atoms with E-state index >= 15 is 0 Å². The lowest BCUT2D eigenvalue weighted by Gasteiger charge is -2.38. The molecule has 1 aliphatic carbocycles. The Bertz CT molecular complexity index is 696. The SMILES string of the molecule is CCC1CCC2(CC1)NC(=O)N(CC(=O)N1CCCC1CN1CC(C)OC(C)C1)C2=O. The number of imide groups is 1. The first kappa shape index (κ1) is 22.5.